The summed E-state index contributed by atoms with van der Waals surface area (Å²) in [5.41, 5.74) is 9.67. The molecule has 0 aliphatic rings. The zero-order chi connectivity index (χ0) is 34.1. The number of nitrogens with zero attached hydrogens (tertiary/aromatic N) is 1. The van der Waals surface area contributed by atoms with Crippen LogP contribution in [0, 0.1) is 6.92 Å². The SMILES string of the molecule is C=C/C=C\c1c(C)c2ccc3c4ccccc4sc3c2n1-c1cccc(-c2cccc(-c3ccc4c5ccccc5c5ccccc5c4c3)c2)c1. The Bertz CT molecular complexity index is 3020. The van der Waals surface area contributed by atoms with Gasteiger partial charge in [0, 0.05) is 32.2 Å². The van der Waals surface area contributed by atoms with Crippen molar-refractivity contribution in [2.45, 2.75) is 6.92 Å². The molecular weight excluding hydrogens is 635 g/mol. The second-order valence-corrected chi connectivity index (χ2v) is 14.4. The average molecular weight is 668 g/mol. The third-order valence-electron chi connectivity index (χ3n) is 10.5. The summed E-state index contributed by atoms with van der Waals surface area (Å²) in [6, 6.07) is 55.9. The summed E-state index contributed by atoms with van der Waals surface area (Å²) >= 11 is 1.88. The molecule has 10 aromatic rings. The monoisotopic (exact) mass is 667 g/mol. The lowest BCUT2D eigenvalue weighted by Crippen LogP contribution is -1.98. The Balaban J connectivity index is 1.14. The molecule has 0 atom stereocenters. The minimum absolute atomic E-state index is 1.15. The summed E-state index contributed by atoms with van der Waals surface area (Å²) in [5.74, 6) is 0. The number of aryl methyl sites for hydroxylation is 1. The molecule has 0 unspecified atom stereocenters. The summed E-state index contributed by atoms with van der Waals surface area (Å²) in [7, 11) is 0. The van der Waals surface area contributed by atoms with E-state index in [9.17, 15) is 0 Å². The quantitative estimate of drug-likeness (QED) is 0.127. The smallest absolute Gasteiger partial charge is 0.0716 e. The molecule has 2 heteroatoms. The molecule has 0 fully saturated rings. The van der Waals surface area contributed by atoms with Gasteiger partial charge in [0.2, 0.25) is 0 Å². The van der Waals surface area contributed by atoms with Gasteiger partial charge < -0.3 is 4.57 Å². The van der Waals surface area contributed by atoms with Gasteiger partial charge in [0.1, 0.15) is 0 Å². The molecule has 240 valence electrons. The zero-order valence-corrected chi connectivity index (χ0v) is 29.0. The van der Waals surface area contributed by atoms with Crippen molar-refractivity contribution in [2.24, 2.45) is 0 Å². The van der Waals surface area contributed by atoms with Crippen molar-refractivity contribution >= 4 is 80.8 Å². The van der Waals surface area contributed by atoms with Crippen molar-refractivity contribution in [1.82, 2.24) is 4.57 Å². The van der Waals surface area contributed by atoms with Crippen LogP contribution in [0.5, 0.6) is 0 Å². The van der Waals surface area contributed by atoms with E-state index in [1.807, 2.05) is 23.5 Å². The second-order valence-electron chi connectivity index (χ2n) is 13.4. The molecule has 10 rings (SSSR count). The summed E-state index contributed by atoms with van der Waals surface area (Å²) in [5, 5.41) is 11.7. The summed E-state index contributed by atoms with van der Waals surface area (Å²) in [6.45, 7) is 6.22. The van der Waals surface area contributed by atoms with E-state index in [0.29, 0.717) is 0 Å². The first kappa shape index (κ1) is 29.7. The van der Waals surface area contributed by atoms with Gasteiger partial charge in [-0.1, -0.05) is 140 Å². The first-order valence-electron chi connectivity index (χ1n) is 17.5. The second kappa shape index (κ2) is 11.7. The Morgan fingerprint density at radius 2 is 1.04 bits per heavy atom. The molecule has 2 heterocycles. The third-order valence-corrected chi connectivity index (χ3v) is 11.7. The van der Waals surface area contributed by atoms with Crippen LogP contribution < -0.4 is 0 Å². The third kappa shape index (κ3) is 4.61. The molecule has 0 radical (unpaired) electrons. The lowest BCUT2D eigenvalue weighted by Gasteiger charge is -2.14. The zero-order valence-electron chi connectivity index (χ0n) is 28.2. The van der Waals surface area contributed by atoms with Crippen LogP contribution in [-0.2, 0) is 0 Å². The van der Waals surface area contributed by atoms with E-state index < -0.39 is 0 Å². The molecule has 2 aromatic heterocycles. The van der Waals surface area contributed by atoms with E-state index in [1.54, 1.807) is 0 Å². The minimum Gasteiger partial charge on any atom is -0.308 e. The Morgan fingerprint density at radius 1 is 0.490 bits per heavy atom. The van der Waals surface area contributed by atoms with Crippen LogP contribution in [0.1, 0.15) is 11.3 Å². The maximum atomic E-state index is 3.98. The summed E-state index contributed by atoms with van der Waals surface area (Å²) < 4.78 is 5.09. The minimum atomic E-state index is 1.15. The summed E-state index contributed by atoms with van der Waals surface area (Å²) in [6.07, 6.45) is 6.10. The van der Waals surface area contributed by atoms with Crippen LogP contribution in [0.15, 0.2) is 170 Å². The molecule has 0 saturated heterocycles. The maximum absolute atomic E-state index is 3.98. The molecule has 8 aromatic carbocycles. The van der Waals surface area contributed by atoms with Crippen LogP contribution in [-0.4, -0.2) is 4.57 Å². The highest BCUT2D eigenvalue weighted by Crippen LogP contribution is 2.43. The van der Waals surface area contributed by atoms with Crippen LogP contribution >= 0.6 is 11.3 Å². The predicted molar refractivity (Wildman–Crippen MR) is 224 cm³/mol. The number of hydrogen-bond donors (Lipinski definition) is 0. The number of fused-ring (bicyclic) bond motifs is 11. The first-order valence-corrected chi connectivity index (χ1v) is 18.3. The highest BCUT2D eigenvalue weighted by atomic mass is 32.1. The van der Waals surface area contributed by atoms with Crippen LogP contribution in [0.2, 0.25) is 0 Å². The Morgan fingerprint density at radius 3 is 1.75 bits per heavy atom. The van der Waals surface area contributed by atoms with Gasteiger partial charge >= 0.3 is 0 Å². The highest BCUT2D eigenvalue weighted by Gasteiger charge is 2.19. The van der Waals surface area contributed by atoms with Crippen molar-refractivity contribution in [3.63, 3.8) is 0 Å². The van der Waals surface area contributed by atoms with Gasteiger partial charge in [-0.05, 0) is 103 Å². The number of allylic oxidation sites excluding steroid dienone is 2. The van der Waals surface area contributed by atoms with E-state index in [0.717, 1.165) is 5.69 Å². The molecule has 0 bridgehead atoms. The number of thiophene rings is 1. The molecule has 0 spiro atoms. The maximum Gasteiger partial charge on any atom is 0.0716 e. The fourth-order valence-electron chi connectivity index (χ4n) is 8.14. The topological polar surface area (TPSA) is 4.93 Å². The summed E-state index contributed by atoms with van der Waals surface area (Å²) in [4.78, 5) is 0. The molecular formula is C49H33NS. The van der Waals surface area contributed by atoms with Gasteiger partial charge in [0.15, 0.2) is 0 Å². The number of benzene rings is 8. The molecule has 0 N–H and O–H groups in total. The van der Waals surface area contributed by atoms with Crippen molar-refractivity contribution in [3.8, 4) is 27.9 Å². The standard InChI is InChI=1S/C49H33NS/c1-3-4-22-46-31(2)37-26-27-44-43-21-9-10-23-47(43)51-49(44)48(37)50(46)36-16-12-15-34(29-36)32-13-11-14-33(28-32)35-24-25-42-40-19-6-5-17-38(40)39-18-7-8-20-41(39)45(42)30-35/h3-30H,1H2,2H3/b22-4-. The number of hydrogen-bond acceptors (Lipinski definition) is 1. The number of aromatic nitrogens is 1. The highest BCUT2D eigenvalue weighted by molar-refractivity contribution is 7.26. The Kier molecular flexibility index (Phi) is 6.80. The molecule has 0 saturated carbocycles. The van der Waals surface area contributed by atoms with E-state index in [-0.39, 0.29) is 0 Å². The van der Waals surface area contributed by atoms with Gasteiger partial charge in [0.25, 0.3) is 0 Å². The lowest BCUT2D eigenvalue weighted by molar-refractivity contribution is 1.10. The number of rotatable bonds is 5. The van der Waals surface area contributed by atoms with E-state index in [2.05, 4.69) is 176 Å². The fourth-order valence-corrected chi connectivity index (χ4v) is 9.38. The van der Waals surface area contributed by atoms with Crippen molar-refractivity contribution in [2.75, 3.05) is 0 Å². The first-order chi connectivity index (χ1) is 25.2. The van der Waals surface area contributed by atoms with Gasteiger partial charge in [-0.15, -0.1) is 11.3 Å². The van der Waals surface area contributed by atoms with Crippen LogP contribution in [0.4, 0.5) is 0 Å². The van der Waals surface area contributed by atoms with Crippen LogP contribution in [0.3, 0.4) is 0 Å². The van der Waals surface area contributed by atoms with Crippen LogP contribution in [0.25, 0.3) is 97.4 Å². The molecule has 0 aliphatic carbocycles. The average Bonchev–Trinajstić information content (AvgIpc) is 3.71. The molecule has 1 nitrogen and oxygen atoms in total. The predicted octanol–water partition coefficient (Wildman–Crippen LogP) is 14.3. The van der Waals surface area contributed by atoms with E-state index in [1.165, 1.54) is 96.9 Å². The normalized spacial score (nSPS) is 12.0. The van der Waals surface area contributed by atoms with Gasteiger partial charge in [-0.2, -0.15) is 0 Å². The van der Waals surface area contributed by atoms with Crippen molar-refractivity contribution in [3.05, 3.63) is 182 Å². The molecule has 0 aliphatic heterocycles. The van der Waals surface area contributed by atoms with E-state index in [4.69, 9.17) is 0 Å². The fraction of sp³-hybridized carbons (Fsp3) is 0.0204. The Hall–Kier alpha value is -6.22. The van der Waals surface area contributed by atoms with Gasteiger partial charge in [-0.3, -0.25) is 0 Å². The van der Waals surface area contributed by atoms with Crippen molar-refractivity contribution in [1.29, 1.82) is 0 Å². The Labute approximate surface area is 300 Å². The molecule has 51 heavy (non-hydrogen) atoms. The van der Waals surface area contributed by atoms with E-state index >= 15 is 0 Å². The van der Waals surface area contributed by atoms with Gasteiger partial charge in [-0.25, -0.2) is 0 Å². The van der Waals surface area contributed by atoms with Gasteiger partial charge in [0.05, 0.1) is 10.2 Å². The van der Waals surface area contributed by atoms with Crippen molar-refractivity contribution < 1.29 is 0 Å². The largest absolute Gasteiger partial charge is 0.308 e. The molecule has 0 amide bonds. The lowest BCUT2D eigenvalue weighted by atomic mass is 9.91.